The number of hydrogen-bond donors (Lipinski definition) is 1. The number of aryl methyl sites for hydroxylation is 1. The summed E-state index contributed by atoms with van der Waals surface area (Å²) in [6.45, 7) is 11.1. The van der Waals surface area contributed by atoms with Gasteiger partial charge in [0.15, 0.2) is 0 Å². The first kappa shape index (κ1) is 13.4. The number of rotatable bonds is 6. The molecule has 0 fully saturated rings. The van der Waals surface area contributed by atoms with Crippen LogP contribution in [-0.2, 0) is 6.42 Å². The van der Waals surface area contributed by atoms with Crippen LogP contribution in [0.25, 0.3) is 0 Å². The highest BCUT2D eigenvalue weighted by molar-refractivity contribution is 7.09. The molecule has 92 valence electrons. The Bertz CT molecular complexity index is 322. The minimum atomic E-state index is 0.119. The Labute approximate surface area is 102 Å². The normalized spacial score (nSPS) is 11.8. The first-order valence-electron chi connectivity index (χ1n) is 5.80. The van der Waals surface area contributed by atoms with Crippen molar-refractivity contribution in [3.63, 3.8) is 0 Å². The quantitative estimate of drug-likeness (QED) is 0.828. The molecule has 16 heavy (non-hydrogen) atoms. The Hall–Kier alpha value is -0.680. The monoisotopic (exact) mass is 242 g/mol. The maximum absolute atomic E-state index is 5.76. The molecule has 0 aliphatic rings. The van der Waals surface area contributed by atoms with Crippen LogP contribution in [0.5, 0.6) is 0 Å². The van der Waals surface area contributed by atoms with Crippen LogP contribution in [0.3, 0.4) is 0 Å². The summed E-state index contributed by atoms with van der Waals surface area (Å²) in [5.74, 6) is 0.934. The van der Waals surface area contributed by atoms with E-state index < -0.39 is 0 Å². The SMILES string of the molecule is CCc1nsc(N(CC)CC(C)(C)CN)n1. The van der Waals surface area contributed by atoms with Crippen molar-refractivity contribution in [2.24, 2.45) is 11.1 Å². The molecular formula is C11H22N4S. The number of nitrogens with zero attached hydrogens (tertiary/aromatic N) is 3. The van der Waals surface area contributed by atoms with Gasteiger partial charge < -0.3 is 10.6 Å². The fraction of sp³-hybridized carbons (Fsp3) is 0.818. The molecule has 1 heterocycles. The van der Waals surface area contributed by atoms with Crippen molar-refractivity contribution in [2.75, 3.05) is 24.5 Å². The molecule has 0 aliphatic carbocycles. The number of hydrogen-bond acceptors (Lipinski definition) is 5. The standard InChI is InChI=1S/C11H22N4S/c1-5-9-13-10(16-14-9)15(6-2)8-11(3,4)7-12/h5-8,12H2,1-4H3. The van der Waals surface area contributed by atoms with E-state index in [2.05, 4.69) is 42.0 Å². The number of anilines is 1. The van der Waals surface area contributed by atoms with Gasteiger partial charge in [-0.15, -0.1) is 0 Å². The van der Waals surface area contributed by atoms with Gasteiger partial charge in [-0.05, 0) is 18.9 Å². The van der Waals surface area contributed by atoms with E-state index in [0.29, 0.717) is 6.54 Å². The van der Waals surface area contributed by atoms with Crippen molar-refractivity contribution in [1.29, 1.82) is 0 Å². The Morgan fingerprint density at radius 1 is 1.38 bits per heavy atom. The third-order valence-electron chi connectivity index (χ3n) is 2.60. The van der Waals surface area contributed by atoms with Gasteiger partial charge in [0.1, 0.15) is 5.82 Å². The molecule has 1 aromatic rings. The van der Waals surface area contributed by atoms with Crippen LogP contribution in [0.1, 0.15) is 33.5 Å². The average Bonchev–Trinajstić information content (AvgIpc) is 2.74. The molecule has 0 spiro atoms. The zero-order valence-corrected chi connectivity index (χ0v) is 11.5. The van der Waals surface area contributed by atoms with Crippen LogP contribution < -0.4 is 10.6 Å². The van der Waals surface area contributed by atoms with Gasteiger partial charge in [0.05, 0.1) is 0 Å². The first-order valence-corrected chi connectivity index (χ1v) is 6.57. The molecule has 0 saturated carbocycles. The summed E-state index contributed by atoms with van der Waals surface area (Å²) in [5, 5.41) is 1.01. The molecule has 0 aromatic carbocycles. The highest BCUT2D eigenvalue weighted by Gasteiger charge is 2.21. The second-order valence-corrected chi connectivity index (χ2v) is 5.46. The third-order valence-corrected chi connectivity index (χ3v) is 3.41. The van der Waals surface area contributed by atoms with Crippen LogP contribution in [0.15, 0.2) is 0 Å². The van der Waals surface area contributed by atoms with Gasteiger partial charge in [0.25, 0.3) is 0 Å². The minimum absolute atomic E-state index is 0.119. The second-order valence-electron chi connectivity index (χ2n) is 4.73. The van der Waals surface area contributed by atoms with Crippen molar-refractivity contribution in [3.8, 4) is 0 Å². The largest absolute Gasteiger partial charge is 0.347 e. The van der Waals surface area contributed by atoms with Gasteiger partial charge in [-0.2, -0.15) is 4.37 Å². The molecule has 1 aromatic heterocycles. The predicted molar refractivity (Wildman–Crippen MR) is 70.0 cm³/mol. The summed E-state index contributed by atoms with van der Waals surface area (Å²) in [6.07, 6.45) is 0.897. The molecule has 0 saturated heterocycles. The van der Waals surface area contributed by atoms with Gasteiger partial charge in [-0.1, -0.05) is 20.8 Å². The number of aromatic nitrogens is 2. The molecule has 0 radical (unpaired) electrons. The molecular weight excluding hydrogens is 220 g/mol. The van der Waals surface area contributed by atoms with E-state index in [1.807, 2.05) is 0 Å². The van der Waals surface area contributed by atoms with Crippen LogP contribution in [0, 0.1) is 5.41 Å². The Morgan fingerprint density at radius 2 is 2.06 bits per heavy atom. The van der Waals surface area contributed by atoms with Crippen LogP contribution in [0.2, 0.25) is 0 Å². The lowest BCUT2D eigenvalue weighted by Gasteiger charge is -2.30. The van der Waals surface area contributed by atoms with Crippen LogP contribution in [-0.4, -0.2) is 29.0 Å². The fourth-order valence-electron chi connectivity index (χ4n) is 1.41. The van der Waals surface area contributed by atoms with Gasteiger partial charge in [0.2, 0.25) is 5.13 Å². The zero-order valence-electron chi connectivity index (χ0n) is 10.7. The molecule has 1 rings (SSSR count). The van der Waals surface area contributed by atoms with Crippen molar-refractivity contribution in [1.82, 2.24) is 9.36 Å². The van der Waals surface area contributed by atoms with Gasteiger partial charge in [0, 0.05) is 31.0 Å². The topological polar surface area (TPSA) is 55.0 Å². The smallest absolute Gasteiger partial charge is 0.205 e. The van der Waals surface area contributed by atoms with Gasteiger partial charge >= 0.3 is 0 Å². The van der Waals surface area contributed by atoms with E-state index in [-0.39, 0.29) is 5.41 Å². The summed E-state index contributed by atoms with van der Waals surface area (Å²) in [4.78, 5) is 6.76. The third kappa shape index (κ3) is 3.42. The van der Waals surface area contributed by atoms with Crippen LogP contribution in [0.4, 0.5) is 5.13 Å². The molecule has 0 bridgehead atoms. The lowest BCUT2D eigenvalue weighted by Crippen LogP contribution is -2.38. The first-order chi connectivity index (χ1) is 7.52. The average molecular weight is 242 g/mol. The lowest BCUT2D eigenvalue weighted by molar-refractivity contribution is 0.379. The maximum Gasteiger partial charge on any atom is 0.205 e. The molecule has 5 heteroatoms. The predicted octanol–water partition coefficient (Wildman–Crippen LogP) is 1.91. The molecule has 0 atom stereocenters. The maximum atomic E-state index is 5.76. The van der Waals surface area contributed by atoms with Gasteiger partial charge in [-0.3, -0.25) is 0 Å². The molecule has 0 aliphatic heterocycles. The molecule has 4 nitrogen and oxygen atoms in total. The Kier molecular flexibility index (Phi) is 4.68. The van der Waals surface area contributed by atoms with E-state index in [4.69, 9.17) is 5.73 Å². The Balaban J connectivity index is 2.74. The van der Waals surface area contributed by atoms with Crippen LogP contribution >= 0.6 is 11.5 Å². The minimum Gasteiger partial charge on any atom is -0.347 e. The van der Waals surface area contributed by atoms with Gasteiger partial charge in [-0.25, -0.2) is 4.98 Å². The van der Waals surface area contributed by atoms with E-state index in [9.17, 15) is 0 Å². The van der Waals surface area contributed by atoms with Crippen molar-refractivity contribution in [3.05, 3.63) is 5.82 Å². The van der Waals surface area contributed by atoms with E-state index in [0.717, 1.165) is 30.5 Å². The van der Waals surface area contributed by atoms with Crippen molar-refractivity contribution in [2.45, 2.75) is 34.1 Å². The fourth-order valence-corrected chi connectivity index (χ4v) is 2.22. The Morgan fingerprint density at radius 3 is 2.50 bits per heavy atom. The van der Waals surface area contributed by atoms with Crippen molar-refractivity contribution < 1.29 is 0 Å². The summed E-state index contributed by atoms with van der Waals surface area (Å²) in [5.41, 5.74) is 5.88. The molecule has 0 unspecified atom stereocenters. The summed E-state index contributed by atoms with van der Waals surface area (Å²) >= 11 is 1.48. The van der Waals surface area contributed by atoms with E-state index in [1.54, 1.807) is 0 Å². The van der Waals surface area contributed by atoms with E-state index >= 15 is 0 Å². The zero-order chi connectivity index (χ0) is 12.2. The summed E-state index contributed by atoms with van der Waals surface area (Å²) in [7, 11) is 0. The second kappa shape index (κ2) is 5.59. The lowest BCUT2D eigenvalue weighted by atomic mass is 9.93. The number of nitrogens with two attached hydrogens (primary N) is 1. The highest BCUT2D eigenvalue weighted by Crippen LogP contribution is 2.22. The highest BCUT2D eigenvalue weighted by atomic mass is 32.1. The van der Waals surface area contributed by atoms with E-state index in [1.165, 1.54) is 11.5 Å². The molecule has 0 amide bonds. The summed E-state index contributed by atoms with van der Waals surface area (Å²) < 4.78 is 4.32. The summed E-state index contributed by atoms with van der Waals surface area (Å²) in [6, 6.07) is 0. The van der Waals surface area contributed by atoms with Crippen molar-refractivity contribution >= 4 is 16.7 Å². The molecule has 2 N–H and O–H groups in total.